The van der Waals surface area contributed by atoms with Crippen LogP contribution < -0.4 is 4.74 Å². The number of ether oxygens (including phenoxy) is 1. The van der Waals surface area contributed by atoms with Crippen LogP contribution in [-0.4, -0.2) is 11.7 Å². The van der Waals surface area contributed by atoms with Gasteiger partial charge in [0.15, 0.2) is 0 Å². The van der Waals surface area contributed by atoms with Gasteiger partial charge < -0.3 is 9.84 Å². The van der Waals surface area contributed by atoms with Crippen LogP contribution in [0.15, 0.2) is 36.4 Å². The molecule has 0 heterocycles. The predicted molar refractivity (Wildman–Crippen MR) is 110 cm³/mol. The Kier molecular flexibility index (Phi) is 8.18. The van der Waals surface area contributed by atoms with Gasteiger partial charge in [0.2, 0.25) is 0 Å². The minimum atomic E-state index is -0.594. The molecule has 1 N–H and O–H groups in total. The Hall–Kier alpha value is -1.80. The lowest BCUT2D eigenvalue weighted by Gasteiger charge is -2.19. The third kappa shape index (κ3) is 5.35. The molecule has 2 aromatic rings. The van der Waals surface area contributed by atoms with Gasteiger partial charge in [0.25, 0.3) is 0 Å². The molecule has 0 fully saturated rings. The molecule has 0 aliphatic rings. The summed E-state index contributed by atoms with van der Waals surface area (Å²) in [4.78, 5) is 0. The van der Waals surface area contributed by atoms with Crippen molar-refractivity contribution < 1.29 is 9.84 Å². The van der Waals surface area contributed by atoms with Crippen molar-refractivity contribution in [2.24, 2.45) is 0 Å². The molecule has 0 amide bonds. The summed E-state index contributed by atoms with van der Waals surface area (Å²) < 4.78 is 5.97. The number of aryl methyl sites for hydroxylation is 1. The predicted octanol–water partition coefficient (Wildman–Crippen LogP) is 6.30. The zero-order valence-corrected chi connectivity index (χ0v) is 16.8. The van der Waals surface area contributed by atoms with Crippen LogP contribution in [0.1, 0.15) is 79.9 Å². The lowest BCUT2D eigenvalue weighted by Crippen LogP contribution is -2.06. The van der Waals surface area contributed by atoms with Crippen molar-refractivity contribution in [2.45, 2.75) is 72.3 Å². The van der Waals surface area contributed by atoms with E-state index in [-0.39, 0.29) is 0 Å². The van der Waals surface area contributed by atoms with Crippen molar-refractivity contribution >= 4 is 0 Å². The molecule has 2 nitrogen and oxygen atoms in total. The molecule has 1 atom stereocenters. The molecule has 2 rings (SSSR count). The number of aliphatic hydroxyl groups excluding tert-OH is 1. The molecular formula is C24H34O2. The van der Waals surface area contributed by atoms with E-state index < -0.39 is 6.10 Å². The van der Waals surface area contributed by atoms with Crippen molar-refractivity contribution in [3.8, 4) is 5.75 Å². The lowest BCUT2D eigenvalue weighted by atomic mass is 9.93. The second-order valence-electron chi connectivity index (χ2n) is 7.21. The Morgan fingerprint density at radius 3 is 2.23 bits per heavy atom. The molecule has 0 radical (unpaired) electrons. The number of hydrogen-bond acceptors (Lipinski definition) is 2. The van der Waals surface area contributed by atoms with Gasteiger partial charge in [0.05, 0.1) is 6.61 Å². The van der Waals surface area contributed by atoms with Gasteiger partial charge in [-0.05, 0) is 60.6 Å². The fraction of sp³-hybridized carbons (Fsp3) is 0.500. The summed E-state index contributed by atoms with van der Waals surface area (Å²) in [5.74, 6) is 0.938. The van der Waals surface area contributed by atoms with Crippen molar-refractivity contribution in [3.05, 3.63) is 64.2 Å². The summed E-state index contributed by atoms with van der Waals surface area (Å²) in [6, 6.07) is 12.3. The van der Waals surface area contributed by atoms with Gasteiger partial charge in [-0.25, -0.2) is 0 Å². The highest BCUT2D eigenvalue weighted by atomic mass is 16.5. The van der Waals surface area contributed by atoms with Crippen LogP contribution in [0.2, 0.25) is 0 Å². The maximum atomic E-state index is 10.8. The third-order valence-electron chi connectivity index (χ3n) is 5.16. The van der Waals surface area contributed by atoms with Gasteiger partial charge in [-0.3, -0.25) is 0 Å². The molecule has 0 aliphatic carbocycles. The van der Waals surface area contributed by atoms with Gasteiger partial charge in [-0.15, -0.1) is 0 Å². The molecule has 0 aliphatic heterocycles. The van der Waals surface area contributed by atoms with E-state index >= 15 is 0 Å². The Morgan fingerprint density at radius 1 is 0.846 bits per heavy atom. The first kappa shape index (κ1) is 20.5. The standard InChI is InChI=1S/C24H34O2/c1-5-7-8-9-17-26-23-16-15-22(18(3)19(23)4)24(25)21-13-11-20(10-6-2)12-14-21/h11-16,24-25H,5-10,17H2,1-4H3. The second kappa shape index (κ2) is 10.4. The lowest BCUT2D eigenvalue weighted by molar-refractivity contribution is 0.219. The average molecular weight is 355 g/mol. The van der Waals surface area contributed by atoms with Gasteiger partial charge in [-0.1, -0.05) is 69.9 Å². The summed E-state index contributed by atoms with van der Waals surface area (Å²) in [5, 5.41) is 10.8. The highest BCUT2D eigenvalue weighted by molar-refractivity contribution is 5.46. The van der Waals surface area contributed by atoms with Gasteiger partial charge in [0, 0.05) is 0 Å². The Labute approximate surface area is 159 Å². The molecule has 0 aromatic heterocycles. The highest BCUT2D eigenvalue weighted by Gasteiger charge is 2.16. The summed E-state index contributed by atoms with van der Waals surface area (Å²) in [6.45, 7) is 9.32. The maximum absolute atomic E-state index is 10.8. The molecule has 2 aromatic carbocycles. The van der Waals surface area contributed by atoms with Crippen molar-refractivity contribution in [2.75, 3.05) is 6.61 Å². The molecule has 26 heavy (non-hydrogen) atoms. The van der Waals surface area contributed by atoms with Crippen molar-refractivity contribution in [1.82, 2.24) is 0 Å². The molecule has 2 heteroatoms. The number of rotatable bonds is 10. The Balaban J connectivity index is 2.08. The molecule has 142 valence electrons. The number of hydrogen-bond donors (Lipinski definition) is 1. The van der Waals surface area contributed by atoms with E-state index in [1.54, 1.807) is 0 Å². The topological polar surface area (TPSA) is 29.5 Å². The number of unbranched alkanes of at least 4 members (excludes halogenated alkanes) is 3. The van der Waals surface area contributed by atoms with E-state index in [0.717, 1.165) is 53.9 Å². The van der Waals surface area contributed by atoms with Crippen LogP contribution in [-0.2, 0) is 6.42 Å². The van der Waals surface area contributed by atoms with E-state index in [9.17, 15) is 5.11 Å². The van der Waals surface area contributed by atoms with Crippen LogP contribution >= 0.6 is 0 Å². The maximum Gasteiger partial charge on any atom is 0.122 e. The van der Waals surface area contributed by atoms with Gasteiger partial charge in [0.1, 0.15) is 11.9 Å². The zero-order valence-electron chi connectivity index (χ0n) is 16.8. The van der Waals surface area contributed by atoms with Crippen LogP contribution in [0.3, 0.4) is 0 Å². The Morgan fingerprint density at radius 2 is 1.58 bits per heavy atom. The molecule has 0 bridgehead atoms. The Bertz CT molecular complexity index is 673. The van der Waals surface area contributed by atoms with Crippen LogP contribution in [0.5, 0.6) is 5.75 Å². The first-order valence-corrected chi connectivity index (χ1v) is 10.1. The van der Waals surface area contributed by atoms with Crippen LogP contribution in [0.25, 0.3) is 0 Å². The van der Waals surface area contributed by atoms with E-state index in [4.69, 9.17) is 4.74 Å². The summed E-state index contributed by atoms with van der Waals surface area (Å²) in [7, 11) is 0. The summed E-state index contributed by atoms with van der Waals surface area (Å²) in [5.41, 5.74) is 5.47. The van der Waals surface area contributed by atoms with E-state index in [1.807, 2.05) is 24.3 Å². The van der Waals surface area contributed by atoms with Crippen molar-refractivity contribution in [1.29, 1.82) is 0 Å². The first-order chi connectivity index (χ1) is 12.6. The molecule has 1 unspecified atom stereocenters. The molecule has 0 saturated carbocycles. The number of benzene rings is 2. The first-order valence-electron chi connectivity index (χ1n) is 10.1. The van der Waals surface area contributed by atoms with Crippen molar-refractivity contribution in [3.63, 3.8) is 0 Å². The molecule has 0 spiro atoms. The fourth-order valence-corrected chi connectivity index (χ4v) is 3.32. The largest absolute Gasteiger partial charge is 0.493 e. The number of aliphatic hydroxyl groups is 1. The fourth-order valence-electron chi connectivity index (χ4n) is 3.32. The smallest absolute Gasteiger partial charge is 0.122 e. The zero-order chi connectivity index (χ0) is 18.9. The molecule has 0 saturated heterocycles. The van der Waals surface area contributed by atoms with E-state index in [1.165, 1.54) is 24.8 Å². The second-order valence-corrected chi connectivity index (χ2v) is 7.21. The van der Waals surface area contributed by atoms with Gasteiger partial charge in [-0.2, -0.15) is 0 Å². The van der Waals surface area contributed by atoms with Crippen LogP contribution in [0.4, 0.5) is 0 Å². The molecular weight excluding hydrogens is 320 g/mol. The normalized spacial score (nSPS) is 12.2. The summed E-state index contributed by atoms with van der Waals surface area (Å²) in [6.07, 6.45) is 6.45. The minimum absolute atomic E-state index is 0.594. The highest BCUT2D eigenvalue weighted by Crippen LogP contribution is 2.31. The van der Waals surface area contributed by atoms with E-state index in [0.29, 0.717) is 0 Å². The van der Waals surface area contributed by atoms with Gasteiger partial charge >= 0.3 is 0 Å². The van der Waals surface area contributed by atoms with E-state index in [2.05, 4.69) is 39.8 Å². The average Bonchev–Trinajstić information content (AvgIpc) is 2.65. The van der Waals surface area contributed by atoms with Crippen LogP contribution in [0, 0.1) is 13.8 Å². The summed E-state index contributed by atoms with van der Waals surface area (Å²) >= 11 is 0. The quantitative estimate of drug-likeness (QED) is 0.508. The SMILES string of the molecule is CCCCCCOc1ccc(C(O)c2ccc(CCC)cc2)c(C)c1C. The monoisotopic (exact) mass is 354 g/mol. The third-order valence-corrected chi connectivity index (χ3v) is 5.16. The minimum Gasteiger partial charge on any atom is -0.493 e.